The minimum Gasteiger partial charge on any atom is -0.344 e. The third-order valence-corrected chi connectivity index (χ3v) is 4.26. The maximum Gasteiger partial charge on any atom is 0.255 e. The molecule has 0 aliphatic rings. The van der Waals surface area contributed by atoms with Crippen LogP contribution in [0, 0.1) is 0 Å². The van der Waals surface area contributed by atoms with Gasteiger partial charge in [0.1, 0.15) is 0 Å². The Bertz CT molecular complexity index is 588. The summed E-state index contributed by atoms with van der Waals surface area (Å²) >= 11 is 4.93. The third-order valence-electron chi connectivity index (χ3n) is 2.84. The average molecular weight is 355 g/mol. The van der Waals surface area contributed by atoms with Gasteiger partial charge >= 0.3 is 0 Å². The van der Waals surface area contributed by atoms with Crippen LogP contribution >= 0.6 is 27.3 Å². The van der Waals surface area contributed by atoms with Gasteiger partial charge in [0.15, 0.2) is 5.82 Å². The van der Waals surface area contributed by atoms with Crippen LogP contribution in [0.3, 0.4) is 0 Å². The number of thiophene rings is 1. The summed E-state index contributed by atoms with van der Waals surface area (Å²) in [4.78, 5) is 17.6. The fourth-order valence-corrected chi connectivity index (χ4v) is 3.02. The summed E-state index contributed by atoms with van der Waals surface area (Å²) in [6.45, 7) is 2.03. The SMILES string of the molecule is CCC(NC(=O)c1cc(Br)cnc1NN)c1cccs1. The van der Waals surface area contributed by atoms with Crippen molar-refractivity contribution in [3.05, 3.63) is 44.7 Å². The van der Waals surface area contributed by atoms with E-state index < -0.39 is 0 Å². The summed E-state index contributed by atoms with van der Waals surface area (Å²) in [6, 6.07) is 5.67. The summed E-state index contributed by atoms with van der Waals surface area (Å²) in [6.07, 6.45) is 2.40. The highest BCUT2D eigenvalue weighted by atomic mass is 79.9. The number of amides is 1. The number of rotatable bonds is 5. The predicted molar refractivity (Wildman–Crippen MR) is 84.6 cm³/mol. The van der Waals surface area contributed by atoms with Crippen LogP contribution in [-0.2, 0) is 0 Å². The zero-order chi connectivity index (χ0) is 14.5. The first-order valence-electron chi connectivity index (χ1n) is 6.12. The van der Waals surface area contributed by atoms with Crippen LogP contribution in [0.5, 0.6) is 0 Å². The van der Waals surface area contributed by atoms with Crippen LogP contribution in [0.25, 0.3) is 0 Å². The monoisotopic (exact) mass is 354 g/mol. The minimum absolute atomic E-state index is 0.00731. The first-order chi connectivity index (χ1) is 9.65. The van der Waals surface area contributed by atoms with Gasteiger partial charge in [0.05, 0.1) is 11.6 Å². The van der Waals surface area contributed by atoms with Crippen molar-refractivity contribution in [1.29, 1.82) is 0 Å². The molecule has 20 heavy (non-hydrogen) atoms. The number of nitrogens with one attached hydrogen (secondary N) is 2. The van der Waals surface area contributed by atoms with Crippen molar-refractivity contribution in [1.82, 2.24) is 10.3 Å². The number of carbonyl (C=O) groups excluding carboxylic acids is 1. The molecule has 4 N–H and O–H groups in total. The van der Waals surface area contributed by atoms with Crippen molar-refractivity contribution in [3.8, 4) is 0 Å². The van der Waals surface area contributed by atoms with Crippen molar-refractivity contribution in [2.45, 2.75) is 19.4 Å². The van der Waals surface area contributed by atoms with Gasteiger partial charge in [-0.15, -0.1) is 11.3 Å². The van der Waals surface area contributed by atoms with E-state index in [-0.39, 0.29) is 11.9 Å². The lowest BCUT2D eigenvalue weighted by Crippen LogP contribution is -2.29. The second-order valence-corrected chi connectivity index (χ2v) is 6.04. The second-order valence-electron chi connectivity index (χ2n) is 4.14. The Hall–Kier alpha value is -1.44. The van der Waals surface area contributed by atoms with Gasteiger partial charge in [-0.05, 0) is 39.9 Å². The van der Waals surface area contributed by atoms with Gasteiger partial charge in [-0.25, -0.2) is 10.8 Å². The number of hydrazine groups is 1. The predicted octanol–water partition coefficient (Wildman–Crippen LogP) is 3.07. The number of anilines is 1. The fourth-order valence-electron chi connectivity index (χ4n) is 1.83. The van der Waals surface area contributed by atoms with E-state index in [4.69, 9.17) is 5.84 Å². The van der Waals surface area contributed by atoms with Gasteiger partial charge in [-0.1, -0.05) is 13.0 Å². The Kier molecular flexibility index (Phi) is 5.11. The molecule has 0 spiro atoms. The number of pyridine rings is 1. The molecule has 2 heterocycles. The molecular weight excluding hydrogens is 340 g/mol. The number of carbonyl (C=O) groups is 1. The number of halogens is 1. The quantitative estimate of drug-likeness (QED) is 0.569. The van der Waals surface area contributed by atoms with Crippen LogP contribution in [-0.4, -0.2) is 10.9 Å². The first-order valence-corrected chi connectivity index (χ1v) is 7.79. The zero-order valence-electron chi connectivity index (χ0n) is 10.9. The Morgan fingerprint density at radius 3 is 3.00 bits per heavy atom. The molecule has 0 aliphatic carbocycles. The second kappa shape index (κ2) is 6.83. The Labute approximate surface area is 129 Å². The van der Waals surface area contributed by atoms with Crippen LogP contribution in [0.15, 0.2) is 34.2 Å². The van der Waals surface area contributed by atoms with Crippen molar-refractivity contribution in [2.24, 2.45) is 5.84 Å². The van der Waals surface area contributed by atoms with Gasteiger partial charge in [0, 0.05) is 15.5 Å². The Morgan fingerprint density at radius 1 is 1.60 bits per heavy atom. The Morgan fingerprint density at radius 2 is 2.40 bits per heavy atom. The summed E-state index contributed by atoms with van der Waals surface area (Å²) in [7, 11) is 0. The van der Waals surface area contributed by atoms with E-state index in [0.29, 0.717) is 11.4 Å². The largest absolute Gasteiger partial charge is 0.344 e. The van der Waals surface area contributed by atoms with Crippen LogP contribution in [0.2, 0.25) is 0 Å². The van der Waals surface area contributed by atoms with Gasteiger partial charge < -0.3 is 10.7 Å². The lowest BCUT2D eigenvalue weighted by atomic mass is 10.1. The lowest BCUT2D eigenvalue weighted by molar-refractivity contribution is 0.0936. The van der Waals surface area contributed by atoms with E-state index >= 15 is 0 Å². The van der Waals surface area contributed by atoms with E-state index in [9.17, 15) is 4.79 Å². The molecule has 5 nitrogen and oxygen atoms in total. The molecule has 0 fully saturated rings. The van der Waals surface area contributed by atoms with E-state index in [1.54, 1.807) is 23.6 Å². The first kappa shape index (κ1) is 15.0. The molecule has 1 amide bonds. The third kappa shape index (κ3) is 3.36. The molecule has 2 aromatic heterocycles. The van der Waals surface area contributed by atoms with E-state index in [1.165, 1.54) is 0 Å². The van der Waals surface area contributed by atoms with Crippen molar-refractivity contribution in [3.63, 3.8) is 0 Å². The van der Waals surface area contributed by atoms with Crippen molar-refractivity contribution >= 4 is 39.0 Å². The molecule has 0 saturated heterocycles. The zero-order valence-corrected chi connectivity index (χ0v) is 13.3. The van der Waals surface area contributed by atoms with Gasteiger partial charge in [0.25, 0.3) is 5.91 Å². The molecule has 0 saturated carbocycles. The van der Waals surface area contributed by atoms with Crippen LogP contribution in [0.1, 0.15) is 34.6 Å². The highest BCUT2D eigenvalue weighted by molar-refractivity contribution is 9.10. The van der Waals surface area contributed by atoms with E-state index in [0.717, 1.165) is 15.8 Å². The molecule has 106 valence electrons. The summed E-state index contributed by atoms with van der Waals surface area (Å²) in [5.41, 5.74) is 2.85. The molecule has 2 rings (SSSR count). The number of aromatic nitrogens is 1. The number of nitrogens with zero attached hydrogens (tertiary/aromatic N) is 1. The Balaban J connectivity index is 2.21. The molecule has 7 heteroatoms. The lowest BCUT2D eigenvalue weighted by Gasteiger charge is -2.16. The van der Waals surface area contributed by atoms with Gasteiger partial charge in [-0.2, -0.15) is 0 Å². The molecule has 0 aliphatic heterocycles. The molecule has 0 bridgehead atoms. The smallest absolute Gasteiger partial charge is 0.255 e. The van der Waals surface area contributed by atoms with Gasteiger partial charge in [0.2, 0.25) is 0 Å². The number of hydrogen-bond acceptors (Lipinski definition) is 5. The number of nitrogen functional groups attached to an aromatic ring is 1. The van der Waals surface area contributed by atoms with Crippen LogP contribution < -0.4 is 16.6 Å². The topological polar surface area (TPSA) is 80.0 Å². The maximum absolute atomic E-state index is 12.4. The molecule has 0 radical (unpaired) electrons. The van der Waals surface area contributed by atoms with E-state index in [1.807, 2.05) is 24.4 Å². The fraction of sp³-hybridized carbons (Fsp3) is 0.231. The number of nitrogens with two attached hydrogens (primary N) is 1. The molecule has 1 unspecified atom stereocenters. The molecular formula is C13H15BrN4OS. The average Bonchev–Trinajstić information content (AvgIpc) is 2.98. The summed E-state index contributed by atoms with van der Waals surface area (Å²) in [5, 5.41) is 5.00. The minimum atomic E-state index is -0.202. The molecule has 2 aromatic rings. The summed E-state index contributed by atoms with van der Waals surface area (Å²) in [5.74, 6) is 5.54. The number of hydrogen-bond donors (Lipinski definition) is 3. The van der Waals surface area contributed by atoms with Crippen molar-refractivity contribution in [2.75, 3.05) is 5.43 Å². The molecule has 0 aromatic carbocycles. The standard InChI is InChI=1S/C13H15BrN4OS/c1-2-10(11-4-3-5-20-11)17-13(19)9-6-8(14)7-16-12(9)18-15/h3-7,10H,2,15H2,1H3,(H,16,18)(H,17,19). The van der Waals surface area contributed by atoms with Crippen LogP contribution in [0.4, 0.5) is 5.82 Å². The highest BCUT2D eigenvalue weighted by Gasteiger charge is 2.18. The van der Waals surface area contributed by atoms with E-state index in [2.05, 4.69) is 31.7 Å². The van der Waals surface area contributed by atoms with Crippen molar-refractivity contribution < 1.29 is 4.79 Å². The maximum atomic E-state index is 12.4. The highest BCUT2D eigenvalue weighted by Crippen LogP contribution is 2.23. The summed E-state index contributed by atoms with van der Waals surface area (Å²) < 4.78 is 0.728. The molecule has 1 atom stereocenters. The normalized spacial score (nSPS) is 11.9. The van der Waals surface area contributed by atoms with Gasteiger partial charge in [-0.3, -0.25) is 4.79 Å².